The number of hydrogen-bond donors (Lipinski definition) is 0. The summed E-state index contributed by atoms with van der Waals surface area (Å²) in [5.41, 5.74) is 2.94. The Morgan fingerprint density at radius 2 is 1.86 bits per heavy atom. The Kier molecular flexibility index (Phi) is 1.93. The number of rotatable bonds is 0. The predicted octanol–water partition coefficient (Wildman–Crippen LogP) is 3.49. The van der Waals surface area contributed by atoms with Crippen LogP contribution in [0.4, 0.5) is 0 Å². The Morgan fingerprint density at radius 1 is 1.21 bits per heavy atom. The minimum absolute atomic E-state index is 0.197. The lowest BCUT2D eigenvalue weighted by Gasteiger charge is -2.41. The van der Waals surface area contributed by atoms with Gasteiger partial charge in [0.05, 0.1) is 0 Å². The number of hydrogen-bond acceptors (Lipinski definition) is 1. The molecule has 78 valence electrons. The van der Waals surface area contributed by atoms with Gasteiger partial charge in [0.25, 0.3) is 0 Å². The molecule has 0 spiro atoms. The Morgan fingerprint density at radius 3 is 2.50 bits per heavy atom. The van der Waals surface area contributed by atoms with E-state index in [0.717, 1.165) is 12.8 Å². The Hall–Kier alpha value is -0.590. The fraction of sp³-hybridized carbons (Fsp3) is 0.769. The van der Waals surface area contributed by atoms with Crippen LogP contribution in [0, 0.1) is 10.8 Å². The van der Waals surface area contributed by atoms with E-state index in [1.807, 2.05) is 0 Å². The van der Waals surface area contributed by atoms with Gasteiger partial charge in [0.1, 0.15) is 0 Å². The largest absolute Gasteiger partial charge is 0.295 e. The second-order valence-corrected chi connectivity index (χ2v) is 6.16. The van der Waals surface area contributed by atoms with Crippen molar-refractivity contribution in [3.8, 4) is 0 Å². The van der Waals surface area contributed by atoms with Crippen LogP contribution >= 0.6 is 0 Å². The zero-order valence-corrected chi connectivity index (χ0v) is 9.74. The van der Waals surface area contributed by atoms with Crippen LogP contribution in [0.5, 0.6) is 0 Å². The average Bonchev–Trinajstić information content (AvgIpc) is 2.23. The maximum absolute atomic E-state index is 12.0. The first kappa shape index (κ1) is 9.95. The SMILES string of the molecule is CC1=C2C(=O)CC(C)(C)C[C@@]2(C)CC1. The first-order valence-corrected chi connectivity index (χ1v) is 5.58. The number of Topliss-reactive ketones (excluding diaryl/α,β-unsaturated/α-hetero) is 1. The molecule has 0 unspecified atom stereocenters. The van der Waals surface area contributed by atoms with Gasteiger partial charge in [-0.2, -0.15) is 0 Å². The molecule has 0 heterocycles. The van der Waals surface area contributed by atoms with Gasteiger partial charge in [0.2, 0.25) is 0 Å². The molecule has 0 bridgehead atoms. The van der Waals surface area contributed by atoms with E-state index in [4.69, 9.17) is 0 Å². The van der Waals surface area contributed by atoms with Crippen molar-refractivity contribution >= 4 is 5.78 Å². The molecule has 2 aliphatic rings. The van der Waals surface area contributed by atoms with Crippen molar-refractivity contribution in [3.63, 3.8) is 0 Å². The topological polar surface area (TPSA) is 17.1 Å². The summed E-state index contributed by atoms with van der Waals surface area (Å²) in [5.74, 6) is 0.416. The van der Waals surface area contributed by atoms with Crippen LogP contribution in [-0.2, 0) is 4.79 Å². The summed E-state index contributed by atoms with van der Waals surface area (Å²) in [7, 11) is 0. The molecular formula is C13H20O. The molecule has 0 amide bonds. The molecule has 0 aromatic heterocycles. The predicted molar refractivity (Wildman–Crippen MR) is 58.1 cm³/mol. The summed E-state index contributed by atoms with van der Waals surface area (Å²) >= 11 is 0. The number of fused-ring (bicyclic) bond motifs is 1. The summed E-state index contributed by atoms with van der Waals surface area (Å²) < 4.78 is 0. The normalized spacial score (nSPS) is 36.1. The molecule has 0 saturated heterocycles. The zero-order chi connectivity index (χ0) is 10.6. The van der Waals surface area contributed by atoms with Gasteiger partial charge in [0.15, 0.2) is 5.78 Å². The van der Waals surface area contributed by atoms with E-state index in [1.54, 1.807) is 0 Å². The molecule has 2 rings (SSSR count). The molecule has 0 N–H and O–H groups in total. The lowest BCUT2D eigenvalue weighted by atomic mass is 9.62. The summed E-state index contributed by atoms with van der Waals surface area (Å²) in [6.45, 7) is 8.86. The zero-order valence-electron chi connectivity index (χ0n) is 9.74. The third-order valence-corrected chi connectivity index (χ3v) is 3.87. The molecule has 1 atom stereocenters. The summed E-state index contributed by atoms with van der Waals surface area (Å²) in [6.07, 6.45) is 4.24. The van der Waals surface area contributed by atoms with E-state index in [9.17, 15) is 4.79 Å². The maximum Gasteiger partial charge on any atom is 0.159 e. The minimum atomic E-state index is 0.197. The van der Waals surface area contributed by atoms with E-state index in [2.05, 4.69) is 27.7 Å². The van der Waals surface area contributed by atoms with E-state index >= 15 is 0 Å². The monoisotopic (exact) mass is 192 g/mol. The van der Waals surface area contributed by atoms with E-state index in [1.165, 1.54) is 24.0 Å². The fourth-order valence-electron chi connectivity index (χ4n) is 3.62. The van der Waals surface area contributed by atoms with E-state index < -0.39 is 0 Å². The van der Waals surface area contributed by atoms with Gasteiger partial charge in [-0.3, -0.25) is 4.79 Å². The van der Waals surface area contributed by atoms with Crippen molar-refractivity contribution in [1.82, 2.24) is 0 Å². The summed E-state index contributed by atoms with van der Waals surface area (Å²) in [5, 5.41) is 0. The standard InChI is InChI=1S/C13H20O/c1-9-5-6-13(4)8-12(2,3)7-10(14)11(9)13/h5-8H2,1-4H3/t13-/m1/s1. The van der Waals surface area contributed by atoms with Crippen LogP contribution < -0.4 is 0 Å². The third kappa shape index (κ3) is 1.34. The first-order valence-electron chi connectivity index (χ1n) is 5.58. The molecule has 0 radical (unpaired) electrons. The Bertz CT molecular complexity index is 322. The van der Waals surface area contributed by atoms with E-state index in [0.29, 0.717) is 5.78 Å². The summed E-state index contributed by atoms with van der Waals surface area (Å²) in [4.78, 5) is 12.0. The van der Waals surface area contributed by atoms with Crippen molar-refractivity contribution in [2.75, 3.05) is 0 Å². The van der Waals surface area contributed by atoms with E-state index in [-0.39, 0.29) is 10.8 Å². The molecule has 14 heavy (non-hydrogen) atoms. The average molecular weight is 192 g/mol. The highest BCUT2D eigenvalue weighted by atomic mass is 16.1. The fourth-order valence-corrected chi connectivity index (χ4v) is 3.62. The van der Waals surface area contributed by atoms with Crippen molar-refractivity contribution < 1.29 is 4.79 Å². The Balaban J connectivity index is 2.43. The van der Waals surface area contributed by atoms with Crippen LogP contribution in [0.1, 0.15) is 53.4 Å². The van der Waals surface area contributed by atoms with Crippen molar-refractivity contribution in [2.45, 2.75) is 53.4 Å². The van der Waals surface area contributed by atoms with Crippen molar-refractivity contribution in [3.05, 3.63) is 11.1 Å². The van der Waals surface area contributed by atoms with Crippen molar-refractivity contribution in [2.24, 2.45) is 10.8 Å². The van der Waals surface area contributed by atoms with Gasteiger partial charge in [0, 0.05) is 6.42 Å². The molecule has 1 nitrogen and oxygen atoms in total. The number of carbonyl (C=O) groups is 1. The van der Waals surface area contributed by atoms with Gasteiger partial charge in [-0.1, -0.05) is 26.3 Å². The van der Waals surface area contributed by atoms with Crippen LogP contribution in [0.3, 0.4) is 0 Å². The van der Waals surface area contributed by atoms with Gasteiger partial charge >= 0.3 is 0 Å². The maximum atomic E-state index is 12.0. The smallest absolute Gasteiger partial charge is 0.159 e. The van der Waals surface area contributed by atoms with Crippen LogP contribution in [0.25, 0.3) is 0 Å². The van der Waals surface area contributed by atoms with Crippen molar-refractivity contribution in [1.29, 1.82) is 0 Å². The molecule has 0 aromatic rings. The lowest BCUT2D eigenvalue weighted by Crippen LogP contribution is -2.36. The quantitative estimate of drug-likeness (QED) is 0.574. The number of allylic oxidation sites excluding steroid dienone is 2. The number of ketones is 1. The van der Waals surface area contributed by atoms with Crippen LogP contribution in [0.2, 0.25) is 0 Å². The Labute approximate surface area is 86.6 Å². The van der Waals surface area contributed by atoms with Gasteiger partial charge in [-0.25, -0.2) is 0 Å². The van der Waals surface area contributed by atoms with Crippen LogP contribution in [-0.4, -0.2) is 5.78 Å². The highest BCUT2D eigenvalue weighted by molar-refractivity contribution is 5.99. The van der Waals surface area contributed by atoms with Gasteiger partial charge in [-0.15, -0.1) is 0 Å². The molecule has 0 aliphatic heterocycles. The second kappa shape index (κ2) is 2.71. The molecule has 1 saturated carbocycles. The highest BCUT2D eigenvalue weighted by Gasteiger charge is 2.47. The third-order valence-electron chi connectivity index (χ3n) is 3.87. The lowest BCUT2D eigenvalue weighted by molar-refractivity contribution is -0.121. The van der Waals surface area contributed by atoms with Gasteiger partial charge < -0.3 is 0 Å². The minimum Gasteiger partial charge on any atom is -0.295 e. The molecule has 1 heteroatoms. The highest BCUT2D eigenvalue weighted by Crippen LogP contribution is 2.54. The molecule has 0 aromatic carbocycles. The molecule has 1 fully saturated rings. The number of carbonyl (C=O) groups excluding carboxylic acids is 1. The van der Waals surface area contributed by atoms with Gasteiger partial charge in [-0.05, 0) is 42.6 Å². The molecule has 2 aliphatic carbocycles. The van der Waals surface area contributed by atoms with Crippen LogP contribution in [0.15, 0.2) is 11.1 Å². The summed E-state index contributed by atoms with van der Waals surface area (Å²) in [6, 6.07) is 0. The second-order valence-electron chi connectivity index (χ2n) is 6.16. The first-order chi connectivity index (χ1) is 6.34. The molecular weight excluding hydrogens is 172 g/mol.